The Morgan fingerprint density at radius 3 is 2.62 bits per heavy atom. The van der Waals surface area contributed by atoms with Gasteiger partial charge in [-0.25, -0.2) is 0 Å². The maximum Gasteiger partial charge on any atom is 0.303 e. The van der Waals surface area contributed by atoms with Crippen molar-refractivity contribution < 1.29 is 28.7 Å². The van der Waals surface area contributed by atoms with Crippen molar-refractivity contribution in [3.8, 4) is 0 Å². The summed E-state index contributed by atoms with van der Waals surface area (Å²) in [6.07, 6.45) is 5.19. The van der Waals surface area contributed by atoms with Crippen molar-refractivity contribution in [3.63, 3.8) is 0 Å². The third-order valence-corrected chi connectivity index (χ3v) is 9.59. The third-order valence-electron chi connectivity index (χ3n) is 9.59. The van der Waals surface area contributed by atoms with E-state index in [4.69, 9.17) is 9.47 Å². The van der Waals surface area contributed by atoms with Gasteiger partial charge >= 0.3 is 5.97 Å². The molecule has 0 amide bonds. The van der Waals surface area contributed by atoms with Crippen LogP contribution in [-0.4, -0.2) is 41.6 Å². The average molecular weight is 402 g/mol. The molecule has 0 aromatic rings. The van der Waals surface area contributed by atoms with Gasteiger partial charge in [0, 0.05) is 26.2 Å². The Hall–Kier alpha value is -1.56. The van der Waals surface area contributed by atoms with Gasteiger partial charge in [-0.2, -0.15) is 0 Å². The maximum atomic E-state index is 13.6. The number of hydrogen-bond donors (Lipinski definition) is 0. The molecule has 0 aromatic heterocycles. The Balaban J connectivity index is 1.45. The first-order valence-corrected chi connectivity index (χ1v) is 11.0. The van der Waals surface area contributed by atoms with E-state index in [-0.39, 0.29) is 41.5 Å². The second-order valence-corrected chi connectivity index (χ2v) is 10.5. The highest BCUT2D eigenvalue weighted by Crippen LogP contribution is 2.72. The second-order valence-electron chi connectivity index (χ2n) is 10.5. The first-order chi connectivity index (χ1) is 13.6. The van der Waals surface area contributed by atoms with Crippen molar-refractivity contribution in [1.82, 2.24) is 0 Å². The van der Waals surface area contributed by atoms with Crippen LogP contribution in [-0.2, 0) is 28.7 Å². The summed E-state index contributed by atoms with van der Waals surface area (Å²) in [6, 6.07) is 0. The number of carbonyl (C=O) groups excluding carboxylic acids is 4. The Morgan fingerprint density at radius 2 is 1.90 bits per heavy atom. The Morgan fingerprint density at radius 1 is 1.14 bits per heavy atom. The van der Waals surface area contributed by atoms with E-state index in [2.05, 4.69) is 6.92 Å². The van der Waals surface area contributed by atoms with Crippen LogP contribution in [0.15, 0.2) is 0 Å². The molecule has 0 bridgehead atoms. The van der Waals surface area contributed by atoms with E-state index in [1.54, 1.807) is 0 Å². The summed E-state index contributed by atoms with van der Waals surface area (Å²) >= 11 is 0. The molecule has 4 saturated carbocycles. The lowest BCUT2D eigenvalue weighted by molar-refractivity contribution is -0.169. The zero-order valence-electron chi connectivity index (χ0n) is 17.5. The number of hydrogen-bond acceptors (Lipinski definition) is 6. The number of esters is 1. The minimum atomic E-state index is -1.10. The van der Waals surface area contributed by atoms with Gasteiger partial charge in [-0.3, -0.25) is 19.2 Å². The number of epoxide rings is 1. The van der Waals surface area contributed by atoms with Gasteiger partial charge in [0.05, 0.1) is 11.5 Å². The Labute approximate surface area is 171 Å². The zero-order valence-corrected chi connectivity index (χ0v) is 17.5. The number of carbonyl (C=O) groups is 4. The monoisotopic (exact) mass is 402 g/mol. The predicted molar refractivity (Wildman–Crippen MR) is 102 cm³/mol. The lowest BCUT2D eigenvalue weighted by Crippen LogP contribution is -2.60. The molecular formula is C23H30O6. The van der Waals surface area contributed by atoms with Gasteiger partial charge in [-0.15, -0.1) is 0 Å². The van der Waals surface area contributed by atoms with Gasteiger partial charge in [0.15, 0.2) is 12.2 Å². The second kappa shape index (κ2) is 5.99. The highest BCUT2D eigenvalue weighted by Gasteiger charge is 2.83. The highest BCUT2D eigenvalue weighted by molar-refractivity contribution is 6.02. The van der Waals surface area contributed by atoms with Crippen LogP contribution in [0.1, 0.15) is 65.7 Å². The highest BCUT2D eigenvalue weighted by atomic mass is 16.6. The Bertz CT molecular complexity index is 818. The van der Waals surface area contributed by atoms with Crippen LogP contribution in [0.5, 0.6) is 0 Å². The molecule has 0 radical (unpaired) electrons. The number of ether oxygens (including phenoxy) is 2. The molecule has 6 nitrogen and oxygen atoms in total. The molecule has 158 valence electrons. The lowest BCUT2D eigenvalue weighted by Gasteiger charge is -2.59. The molecule has 0 spiro atoms. The van der Waals surface area contributed by atoms with Crippen molar-refractivity contribution in [1.29, 1.82) is 0 Å². The lowest BCUT2D eigenvalue weighted by atomic mass is 9.44. The minimum Gasteiger partial charge on any atom is -0.458 e. The van der Waals surface area contributed by atoms with Crippen LogP contribution in [0, 0.1) is 34.5 Å². The summed E-state index contributed by atoms with van der Waals surface area (Å²) in [4.78, 5) is 49.8. The molecular weight excluding hydrogens is 372 g/mol. The summed E-state index contributed by atoms with van der Waals surface area (Å²) in [5.41, 5.74) is -1.89. The van der Waals surface area contributed by atoms with Crippen LogP contribution in [0.25, 0.3) is 0 Å². The summed E-state index contributed by atoms with van der Waals surface area (Å²) in [5.74, 6) is 0.914. The molecule has 0 N–H and O–H groups in total. The van der Waals surface area contributed by atoms with E-state index in [1.165, 1.54) is 6.92 Å². The van der Waals surface area contributed by atoms with E-state index in [0.29, 0.717) is 36.9 Å². The molecule has 5 aliphatic rings. The van der Waals surface area contributed by atoms with Crippen LogP contribution < -0.4 is 0 Å². The molecule has 0 aromatic carbocycles. The number of ketones is 3. The first-order valence-electron chi connectivity index (χ1n) is 11.0. The Kier molecular flexibility index (Phi) is 4.01. The summed E-state index contributed by atoms with van der Waals surface area (Å²) in [7, 11) is 0. The van der Waals surface area contributed by atoms with Crippen LogP contribution in [0.3, 0.4) is 0 Å². The smallest absolute Gasteiger partial charge is 0.303 e. The quantitative estimate of drug-likeness (QED) is 0.533. The van der Waals surface area contributed by atoms with E-state index in [0.717, 1.165) is 25.7 Å². The van der Waals surface area contributed by atoms with Gasteiger partial charge in [0.1, 0.15) is 11.6 Å². The molecule has 5 rings (SSSR count). The number of rotatable bonds is 3. The fraction of sp³-hybridized carbons (Fsp3) is 0.826. The van der Waals surface area contributed by atoms with E-state index >= 15 is 0 Å². The first kappa shape index (κ1) is 19.4. The minimum absolute atomic E-state index is 0.0381. The summed E-state index contributed by atoms with van der Waals surface area (Å²) in [6.45, 7) is 5.18. The predicted octanol–water partition coefficient (Wildman–Crippen LogP) is 2.66. The standard InChI is InChI=1S/C23H30O6/c1-12(24)28-11-19(27)23-20(29-23)10-17-15-5-4-13-8-14(25)6-7-21(13,2)16(15)9-18(26)22(17,23)3/h13,15-17,20H,4-11H2,1-3H3/t13-,15+,16-,17-,20+,21-,22+,23-/m0/s1. The number of Topliss-reactive ketones (excluding diaryl/α,β-unsaturated/α-hetero) is 3. The van der Waals surface area contributed by atoms with Crippen molar-refractivity contribution in [2.75, 3.05) is 6.61 Å². The molecule has 6 heteroatoms. The zero-order chi connectivity index (χ0) is 20.8. The fourth-order valence-electron chi connectivity index (χ4n) is 7.93. The fourth-order valence-corrected chi connectivity index (χ4v) is 7.93. The normalized spacial score (nSPS) is 50.1. The molecule has 1 saturated heterocycles. The van der Waals surface area contributed by atoms with E-state index < -0.39 is 17.0 Å². The van der Waals surface area contributed by atoms with E-state index in [9.17, 15) is 19.2 Å². The summed E-state index contributed by atoms with van der Waals surface area (Å²) in [5, 5.41) is 0. The van der Waals surface area contributed by atoms with Crippen molar-refractivity contribution in [3.05, 3.63) is 0 Å². The van der Waals surface area contributed by atoms with Crippen LogP contribution in [0.2, 0.25) is 0 Å². The topological polar surface area (TPSA) is 90.0 Å². The van der Waals surface area contributed by atoms with E-state index in [1.807, 2.05) is 6.92 Å². The van der Waals surface area contributed by atoms with Gasteiger partial charge in [0.2, 0.25) is 5.78 Å². The molecule has 5 fully saturated rings. The van der Waals surface area contributed by atoms with Crippen molar-refractivity contribution >= 4 is 23.3 Å². The van der Waals surface area contributed by atoms with Gasteiger partial charge in [-0.05, 0) is 61.7 Å². The molecule has 0 unspecified atom stereocenters. The number of fused-ring (bicyclic) bond motifs is 7. The van der Waals surface area contributed by atoms with Crippen LogP contribution >= 0.6 is 0 Å². The van der Waals surface area contributed by atoms with Gasteiger partial charge in [0.25, 0.3) is 0 Å². The molecule has 8 atom stereocenters. The van der Waals surface area contributed by atoms with Gasteiger partial charge < -0.3 is 9.47 Å². The van der Waals surface area contributed by atoms with Crippen molar-refractivity contribution in [2.24, 2.45) is 34.5 Å². The molecule has 1 aliphatic heterocycles. The SMILES string of the molecule is CC(=O)OCC(=O)[C@]12O[C@@H]1C[C@H]1[C@@H]3CC[C@H]4CC(=O)CC[C@]4(C)[C@H]3CC(=O)[C@@]12C. The molecule has 29 heavy (non-hydrogen) atoms. The molecule has 1 heterocycles. The summed E-state index contributed by atoms with van der Waals surface area (Å²) < 4.78 is 10.9. The average Bonchev–Trinajstić information content (AvgIpc) is 3.34. The third kappa shape index (κ3) is 2.32. The molecule has 4 aliphatic carbocycles. The van der Waals surface area contributed by atoms with Crippen molar-refractivity contribution in [2.45, 2.75) is 77.4 Å². The maximum absolute atomic E-state index is 13.6. The van der Waals surface area contributed by atoms with Crippen LogP contribution in [0.4, 0.5) is 0 Å². The largest absolute Gasteiger partial charge is 0.458 e. The van der Waals surface area contributed by atoms with Gasteiger partial charge in [-0.1, -0.05) is 6.92 Å².